The Morgan fingerprint density at radius 3 is 2.71 bits per heavy atom. The zero-order valence-corrected chi connectivity index (χ0v) is 12.6. The molecule has 0 spiro atoms. The summed E-state index contributed by atoms with van der Waals surface area (Å²) in [7, 11) is 1.86. The Morgan fingerprint density at radius 1 is 1.24 bits per heavy atom. The molecule has 2 unspecified atom stereocenters. The second-order valence-corrected chi connectivity index (χ2v) is 5.85. The number of fused-ring (bicyclic) bond motifs is 1. The fourth-order valence-corrected chi connectivity index (χ4v) is 3.30. The molecule has 0 radical (unpaired) electrons. The molecule has 110 valence electrons. The molecule has 0 aromatic heterocycles. The summed E-state index contributed by atoms with van der Waals surface area (Å²) < 4.78 is 6.20. The van der Waals surface area contributed by atoms with Crippen molar-refractivity contribution in [3.05, 3.63) is 42.5 Å². The van der Waals surface area contributed by atoms with Gasteiger partial charge in [0.2, 0.25) is 0 Å². The lowest BCUT2D eigenvalue weighted by Crippen LogP contribution is -2.47. The van der Waals surface area contributed by atoms with Crippen LogP contribution in [0, 0.1) is 0 Å². The Bertz CT molecular complexity index is 662. The zero-order chi connectivity index (χ0) is 14.9. The predicted molar refractivity (Wildman–Crippen MR) is 84.7 cm³/mol. The van der Waals surface area contributed by atoms with Crippen LogP contribution in [0.4, 0.5) is 0 Å². The first-order chi connectivity index (χ1) is 10.1. The maximum atomic E-state index is 11.9. The molecule has 0 saturated heterocycles. The molecule has 2 atom stereocenters. The lowest BCUT2D eigenvalue weighted by Gasteiger charge is -2.25. The number of carbonyl (C=O) groups is 1. The van der Waals surface area contributed by atoms with E-state index in [9.17, 15) is 4.79 Å². The number of nitrogens with one attached hydrogen (secondary N) is 1. The molecule has 1 aliphatic rings. The predicted octanol–water partition coefficient (Wildman–Crippen LogP) is 3.32. The average molecular weight is 283 g/mol. The van der Waals surface area contributed by atoms with Crippen LogP contribution in [-0.2, 0) is 4.79 Å². The van der Waals surface area contributed by atoms with Crippen LogP contribution in [0.1, 0.15) is 26.2 Å². The Hall–Kier alpha value is -1.87. The number of hydrogen-bond donors (Lipinski definition) is 1. The second-order valence-electron chi connectivity index (χ2n) is 5.85. The molecule has 2 aromatic carbocycles. The summed E-state index contributed by atoms with van der Waals surface area (Å²) in [5.41, 5.74) is -0.407. The minimum Gasteiger partial charge on any atom is -0.490 e. The van der Waals surface area contributed by atoms with Gasteiger partial charge in [0.25, 0.3) is 0 Å². The number of ketones is 1. The van der Waals surface area contributed by atoms with Crippen LogP contribution < -0.4 is 10.1 Å². The Kier molecular flexibility index (Phi) is 3.68. The van der Waals surface area contributed by atoms with E-state index in [4.69, 9.17) is 4.74 Å². The molecule has 3 heteroatoms. The summed E-state index contributed by atoms with van der Waals surface area (Å²) in [6, 6.07) is 14.3. The van der Waals surface area contributed by atoms with E-state index < -0.39 is 5.54 Å². The number of Topliss-reactive ketones (excluding diaryl/α,β-unsaturated/α-hetero) is 1. The Morgan fingerprint density at radius 2 is 2.00 bits per heavy atom. The molecule has 0 heterocycles. The van der Waals surface area contributed by atoms with Crippen molar-refractivity contribution in [3.63, 3.8) is 0 Å². The monoisotopic (exact) mass is 283 g/mol. The summed E-state index contributed by atoms with van der Waals surface area (Å²) in [6.45, 7) is 1.66. The Labute approximate surface area is 125 Å². The van der Waals surface area contributed by atoms with Crippen molar-refractivity contribution in [3.8, 4) is 5.75 Å². The molecular weight excluding hydrogens is 262 g/mol. The van der Waals surface area contributed by atoms with Crippen molar-refractivity contribution in [1.29, 1.82) is 0 Å². The van der Waals surface area contributed by atoms with Gasteiger partial charge in [-0.2, -0.15) is 0 Å². The smallest absolute Gasteiger partial charge is 0.149 e. The average Bonchev–Trinajstić information content (AvgIpc) is 2.92. The highest BCUT2D eigenvalue weighted by Gasteiger charge is 2.42. The van der Waals surface area contributed by atoms with Crippen LogP contribution in [0.3, 0.4) is 0 Å². The van der Waals surface area contributed by atoms with E-state index in [1.165, 1.54) is 5.39 Å². The first-order valence-electron chi connectivity index (χ1n) is 7.49. The number of ether oxygens (including phenoxy) is 1. The molecule has 3 rings (SSSR count). The minimum atomic E-state index is -0.407. The van der Waals surface area contributed by atoms with Crippen LogP contribution in [0.15, 0.2) is 42.5 Å². The molecule has 1 N–H and O–H groups in total. The van der Waals surface area contributed by atoms with Gasteiger partial charge in [-0.1, -0.05) is 36.4 Å². The quantitative estimate of drug-likeness (QED) is 0.935. The van der Waals surface area contributed by atoms with Crippen molar-refractivity contribution in [2.24, 2.45) is 0 Å². The third-order valence-corrected chi connectivity index (χ3v) is 4.66. The highest BCUT2D eigenvalue weighted by molar-refractivity contribution is 5.88. The van der Waals surface area contributed by atoms with Gasteiger partial charge in [-0.25, -0.2) is 0 Å². The van der Waals surface area contributed by atoms with Crippen LogP contribution in [-0.4, -0.2) is 24.5 Å². The van der Waals surface area contributed by atoms with Crippen LogP contribution in [0.5, 0.6) is 5.75 Å². The van der Waals surface area contributed by atoms with Crippen molar-refractivity contribution in [2.45, 2.75) is 37.8 Å². The highest BCUT2D eigenvalue weighted by Crippen LogP contribution is 2.35. The van der Waals surface area contributed by atoms with E-state index >= 15 is 0 Å². The third-order valence-electron chi connectivity index (χ3n) is 4.66. The number of benzene rings is 2. The minimum absolute atomic E-state index is 0.0900. The summed E-state index contributed by atoms with van der Waals surface area (Å²) >= 11 is 0. The summed E-state index contributed by atoms with van der Waals surface area (Å²) in [6.07, 6.45) is 2.58. The molecular formula is C18H21NO2. The topological polar surface area (TPSA) is 38.3 Å². The van der Waals surface area contributed by atoms with E-state index in [0.717, 1.165) is 30.4 Å². The maximum Gasteiger partial charge on any atom is 0.149 e. The van der Waals surface area contributed by atoms with E-state index in [-0.39, 0.29) is 11.9 Å². The van der Waals surface area contributed by atoms with Crippen molar-refractivity contribution >= 4 is 16.6 Å². The largest absolute Gasteiger partial charge is 0.490 e. The summed E-state index contributed by atoms with van der Waals surface area (Å²) in [5.74, 6) is 1.11. The van der Waals surface area contributed by atoms with Crippen molar-refractivity contribution in [1.82, 2.24) is 5.32 Å². The normalized spacial score (nSPS) is 25.1. The molecule has 1 saturated carbocycles. The number of carbonyl (C=O) groups excluding carboxylic acids is 1. The molecule has 2 aromatic rings. The van der Waals surface area contributed by atoms with Gasteiger partial charge in [0.05, 0.1) is 5.54 Å². The highest BCUT2D eigenvalue weighted by atomic mass is 16.5. The number of hydrogen-bond acceptors (Lipinski definition) is 3. The molecule has 0 bridgehead atoms. The molecule has 1 aliphatic carbocycles. The zero-order valence-electron chi connectivity index (χ0n) is 12.6. The number of rotatable bonds is 4. The standard InChI is InChI=1S/C18H21NO2/c1-13(20)18(19-2)11-10-15(12-18)21-17-9-5-7-14-6-3-4-8-16(14)17/h3-9,15,19H,10-12H2,1-2H3. The summed E-state index contributed by atoms with van der Waals surface area (Å²) in [5, 5.41) is 5.51. The van der Waals surface area contributed by atoms with E-state index in [0.29, 0.717) is 0 Å². The SMILES string of the molecule is CNC1(C(C)=O)CCC(Oc2cccc3ccccc23)C1. The fraction of sp³-hybridized carbons (Fsp3) is 0.389. The van der Waals surface area contributed by atoms with Gasteiger partial charge in [-0.05, 0) is 38.3 Å². The summed E-state index contributed by atoms with van der Waals surface area (Å²) in [4.78, 5) is 11.9. The van der Waals surface area contributed by atoms with Gasteiger partial charge in [0.1, 0.15) is 17.6 Å². The first-order valence-corrected chi connectivity index (χ1v) is 7.49. The molecule has 0 amide bonds. The first kappa shape index (κ1) is 14.1. The van der Waals surface area contributed by atoms with Gasteiger partial charge in [-0.15, -0.1) is 0 Å². The van der Waals surface area contributed by atoms with E-state index in [1.807, 2.05) is 31.3 Å². The van der Waals surface area contributed by atoms with Gasteiger partial charge >= 0.3 is 0 Å². The maximum absolute atomic E-state index is 11.9. The van der Waals surface area contributed by atoms with Crippen LogP contribution >= 0.6 is 0 Å². The van der Waals surface area contributed by atoms with E-state index in [2.05, 4.69) is 23.5 Å². The van der Waals surface area contributed by atoms with Crippen LogP contribution in [0.25, 0.3) is 10.8 Å². The van der Waals surface area contributed by atoms with Gasteiger partial charge in [-0.3, -0.25) is 4.79 Å². The number of likely N-dealkylation sites (N-methyl/N-ethyl adjacent to an activating group) is 1. The van der Waals surface area contributed by atoms with Gasteiger partial charge in [0.15, 0.2) is 0 Å². The molecule has 0 aliphatic heterocycles. The van der Waals surface area contributed by atoms with Crippen LogP contribution in [0.2, 0.25) is 0 Å². The molecule has 3 nitrogen and oxygen atoms in total. The van der Waals surface area contributed by atoms with Crippen molar-refractivity contribution in [2.75, 3.05) is 7.05 Å². The fourth-order valence-electron chi connectivity index (χ4n) is 3.30. The lowest BCUT2D eigenvalue weighted by atomic mass is 9.93. The Balaban J connectivity index is 1.83. The molecule has 21 heavy (non-hydrogen) atoms. The molecule has 1 fully saturated rings. The van der Waals surface area contributed by atoms with Gasteiger partial charge < -0.3 is 10.1 Å². The van der Waals surface area contributed by atoms with Crippen molar-refractivity contribution < 1.29 is 9.53 Å². The van der Waals surface area contributed by atoms with E-state index in [1.54, 1.807) is 6.92 Å². The van der Waals surface area contributed by atoms with Gasteiger partial charge in [0, 0.05) is 11.8 Å². The lowest BCUT2D eigenvalue weighted by molar-refractivity contribution is -0.123. The second kappa shape index (κ2) is 5.49. The third kappa shape index (κ3) is 2.54.